The fourth-order valence-corrected chi connectivity index (χ4v) is 1.99. The third-order valence-electron chi connectivity index (χ3n) is 2.84. The van der Waals surface area contributed by atoms with Crippen LogP contribution in [0.4, 0.5) is 5.69 Å². The van der Waals surface area contributed by atoms with E-state index in [1.165, 1.54) is 0 Å². The molecule has 0 atom stereocenters. The summed E-state index contributed by atoms with van der Waals surface area (Å²) < 4.78 is 0. The number of phenols is 1. The number of nitrogens with zero attached hydrogens (tertiary/aromatic N) is 1. The molecule has 3 nitrogen and oxygen atoms in total. The molecule has 1 N–H and O–H groups in total. The van der Waals surface area contributed by atoms with Gasteiger partial charge in [0, 0.05) is 5.69 Å². The summed E-state index contributed by atoms with van der Waals surface area (Å²) in [6.07, 6.45) is 0. The molecule has 0 bridgehead atoms. The van der Waals surface area contributed by atoms with Crippen molar-refractivity contribution in [1.82, 2.24) is 0 Å². The van der Waals surface area contributed by atoms with Gasteiger partial charge in [-0.2, -0.15) is 0 Å². The number of hydrogen-bond donors (Lipinski definition) is 1. The monoisotopic (exact) mass is 251 g/mol. The molecule has 0 fully saturated rings. The van der Waals surface area contributed by atoms with Crippen LogP contribution in [-0.4, -0.2) is 21.4 Å². The van der Waals surface area contributed by atoms with Crippen molar-refractivity contribution in [3.8, 4) is 5.75 Å². The molecule has 0 saturated carbocycles. The van der Waals surface area contributed by atoms with E-state index in [-0.39, 0.29) is 11.5 Å². The van der Waals surface area contributed by atoms with Crippen molar-refractivity contribution in [3.63, 3.8) is 0 Å². The zero-order valence-electron chi connectivity index (χ0n) is 10.5. The van der Waals surface area contributed by atoms with E-state index >= 15 is 0 Å². The molecule has 0 saturated heterocycles. The first-order valence-electron chi connectivity index (χ1n) is 5.37. The van der Waals surface area contributed by atoms with Crippen LogP contribution in [0.2, 0.25) is 0 Å². The van der Waals surface area contributed by atoms with Gasteiger partial charge in [-0.15, -0.1) is 0 Å². The number of ketones is 1. The first kappa shape index (κ1) is 13.6. The molecule has 0 amide bonds. The fraction of sp³-hybridized carbons (Fsp3) is 0.385. The second-order valence-corrected chi connectivity index (χ2v) is 5.08. The number of carbonyl (C=O) groups is 1. The first-order valence-corrected chi connectivity index (χ1v) is 5.78. The van der Waals surface area contributed by atoms with Crippen LogP contribution in [0, 0.1) is 0 Å². The molecule has 0 unspecified atom stereocenters. The number of carbonyl (C=O) groups excluding carboxylic acids is 1. The van der Waals surface area contributed by atoms with E-state index < -0.39 is 5.54 Å². The zero-order valence-corrected chi connectivity index (χ0v) is 11.3. The lowest BCUT2D eigenvalue weighted by Gasteiger charge is -2.37. The maximum absolute atomic E-state index is 11.7. The van der Waals surface area contributed by atoms with E-state index in [1.807, 2.05) is 13.8 Å². The summed E-state index contributed by atoms with van der Waals surface area (Å²) in [5.74, 6) is 0.228. The van der Waals surface area contributed by atoms with Gasteiger partial charge in [0.1, 0.15) is 5.75 Å². The SMILES string of the molecule is CC(=O)C(C)(C)N(C(C)=S)c1ccc(O)cc1. The minimum atomic E-state index is -0.692. The maximum Gasteiger partial charge on any atom is 0.155 e. The van der Waals surface area contributed by atoms with Gasteiger partial charge in [0.25, 0.3) is 0 Å². The largest absolute Gasteiger partial charge is 0.508 e. The summed E-state index contributed by atoms with van der Waals surface area (Å²) in [6.45, 7) is 6.99. The van der Waals surface area contributed by atoms with Gasteiger partial charge in [-0.1, -0.05) is 12.2 Å². The van der Waals surface area contributed by atoms with Crippen LogP contribution in [0.5, 0.6) is 5.75 Å². The molecule has 92 valence electrons. The van der Waals surface area contributed by atoms with Crippen LogP contribution in [0.25, 0.3) is 0 Å². The van der Waals surface area contributed by atoms with Crippen molar-refractivity contribution in [1.29, 1.82) is 0 Å². The number of Topliss-reactive ketones (excluding diaryl/α,β-unsaturated/α-hetero) is 1. The molecule has 0 aromatic heterocycles. The van der Waals surface area contributed by atoms with Crippen LogP contribution < -0.4 is 4.90 Å². The second kappa shape index (κ2) is 4.84. The summed E-state index contributed by atoms with van der Waals surface area (Å²) in [4.78, 5) is 14.1. The van der Waals surface area contributed by atoms with Crippen molar-refractivity contribution in [2.24, 2.45) is 0 Å². The molecular formula is C13H17NO2S. The molecule has 0 spiro atoms. The van der Waals surface area contributed by atoms with Gasteiger partial charge >= 0.3 is 0 Å². The van der Waals surface area contributed by atoms with E-state index in [9.17, 15) is 9.90 Å². The second-order valence-electron chi connectivity index (χ2n) is 4.49. The number of benzene rings is 1. The van der Waals surface area contributed by atoms with Crippen LogP contribution in [0.15, 0.2) is 24.3 Å². The van der Waals surface area contributed by atoms with E-state index in [2.05, 4.69) is 0 Å². The Morgan fingerprint density at radius 2 is 1.71 bits per heavy atom. The third-order valence-corrected chi connectivity index (χ3v) is 3.03. The Hall–Kier alpha value is -1.42. The van der Waals surface area contributed by atoms with Gasteiger partial charge in [0.2, 0.25) is 0 Å². The minimum Gasteiger partial charge on any atom is -0.508 e. The number of rotatable bonds is 3. The van der Waals surface area contributed by atoms with Gasteiger partial charge in [0.05, 0.1) is 10.5 Å². The predicted octanol–water partition coefficient (Wildman–Crippen LogP) is 2.91. The van der Waals surface area contributed by atoms with Crippen molar-refractivity contribution in [2.45, 2.75) is 33.2 Å². The Morgan fingerprint density at radius 1 is 1.24 bits per heavy atom. The molecule has 1 aromatic carbocycles. The number of thiocarbonyl (C=S) groups is 1. The standard InChI is InChI=1S/C13H17NO2S/c1-9(15)13(3,4)14(10(2)17)11-5-7-12(16)8-6-11/h5-8,16H,1-4H3. The van der Waals surface area contributed by atoms with Gasteiger partial charge in [0.15, 0.2) is 5.78 Å². The summed E-state index contributed by atoms with van der Waals surface area (Å²) >= 11 is 5.21. The fourth-order valence-electron chi connectivity index (χ4n) is 1.66. The van der Waals surface area contributed by atoms with E-state index in [0.717, 1.165) is 5.69 Å². The summed E-state index contributed by atoms with van der Waals surface area (Å²) in [5.41, 5.74) is 0.110. The molecule has 1 rings (SSSR count). The maximum atomic E-state index is 11.7. The number of aromatic hydroxyl groups is 1. The average molecular weight is 251 g/mol. The van der Waals surface area contributed by atoms with Crippen molar-refractivity contribution < 1.29 is 9.90 Å². The Kier molecular flexibility index (Phi) is 3.88. The highest BCUT2D eigenvalue weighted by Gasteiger charge is 2.33. The molecule has 17 heavy (non-hydrogen) atoms. The van der Waals surface area contributed by atoms with Gasteiger partial charge in [-0.05, 0) is 52.0 Å². The lowest BCUT2D eigenvalue weighted by molar-refractivity contribution is -0.120. The average Bonchev–Trinajstić information content (AvgIpc) is 2.20. The first-order chi connectivity index (χ1) is 7.76. The van der Waals surface area contributed by atoms with Gasteiger partial charge in [-0.3, -0.25) is 4.79 Å². The molecule has 4 heteroatoms. The summed E-state index contributed by atoms with van der Waals surface area (Å²) in [6, 6.07) is 6.65. The Bertz CT molecular complexity index is 437. The summed E-state index contributed by atoms with van der Waals surface area (Å²) in [7, 11) is 0. The lowest BCUT2D eigenvalue weighted by Crippen LogP contribution is -2.51. The quantitative estimate of drug-likeness (QED) is 0.839. The van der Waals surface area contributed by atoms with Crippen molar-refractivity contribution in [2.75, 3.05) is 4.90 Å². The lowest BCUT2D eigenvalue weighted by atomic mass is 9.97. The predicted molar refractivity (Wildman–Crippen MR) is 73.6 cm³/mol. The normalized spacial score (nSPS) is 11.1. The number of phenolic OH excluding ortho intramolecular Hbond substituents is 1. The molecule has 0 radical (unpaired) electrons. The highest BCUT2D eigenvalue weighted by atomic mass is 32.1. The molecule has 0 aliphatic rings. The minimum absolute atomic E-state index is 0.0368. The molecule has 0 aliphatic carbocycles. The Balaban J connectivity index is 3.23. The van der Waals surface area contributed by atoms with Crippen LogP contribution in [0.3, 0.4) is 0 Å². The molecule has 0 heterocycles. The summed E-state index contributed by atoms with van der Waals surface area (Å²) in [5, 5.41) is 9.27. The third kappa shape index (κ3) is 2.82. The van der Waals surface area contributed by atoms with Crippen molar-refractivity contribution in [3.05, 3.63) is 24.3 Å². The van der Waals surface area contributed by atoms with Crippen LogP contribution in [0.1, 0.15) is 27.7 Å². The van der Waals surface area contributed by atoms with E-state index in [0.29, 0.717) is 4.99 Å². The smallest absolute Gasteiger partial charge is 0.155 e. The van der Waals surface area contributed by atoms with E-state index in [1.54, 1.807) is 43.0 Å². The highest BCUT2D eigenvalue weighted by molar-refractivity contribution is 7.80. The van der Waals surface area contributed by atoms with Crippen LogP contribution in [-0.2, 0) is 4.79 Å². The number of hydrogen-bond acceptors (Lipinski definition) is 3. The Morgan fingerprint density at radius 3 is 2.06 bits per heavy atom. The highest BCUT2D eigenvalue weighted by Crippen LogP contribution is 2.27. The number of anilines is 1. The van der Waals surface area contributed by atoms with E-state index in [4.69, 9.17) is 12.2 Å². The Labute approximate surface area is 107 Å². The zero-order chi connectivity index (χ0) is 13.2. The van der Waals surface area contributed by atoms with Gasteiger partial charge < -0.3 is 10.0 Å². The molecular weight excluding hydrogens is 234 g/mol. The van der Waals surface area contributed by atoms with Gasteiger partial charge in [-0.25, -0.2) is 0 Å². The topological polar surface area (TPSA) is 40.5 Å². The van der Waals surface area contributed by atoms with Crippen molar-refractivity contribution >= 4 is 28.7 Å². The van der Waals surface area contributed by atoms with Crippen LogP contribution >= 0.6 is 12.2 Å². The molecule has 0 aliphatic heterocycles. The molecule has 1 aromatic rings.